The monoisotopic (exact) mass is 188 g/mol. The minimum absolute atomic E-state index is 0.519. The third kappa shape index (κ3) is 2.44. The zero-order valence-electron chi connectivity index (χ0n) is 8.59. The van der Waals surface area contributed by atoms with Crippen LogP contribution in [0.5, 0.6) is 0 Å². The van der Waals surface area contributed by atoms with Gasteiger partial charge in [0, 0.05) is 20.3 Å². The minimum Gasteiger partial charge on any atom is -0.397 e. The van der Waals surface area contributed by atoms with Crippen molar-refractivity contribution in [3.63, 3.8) is 0 Å². The van der Waals surface area contributed by atoms with Gasteiger partial charge < -0.3 is 8.85 Å². The second kappa shape index (κ2) is 5.51. The van der Waals surface area contributed by atoms with Crippen LogP contribution in [-0.4, -0.2) is 22.8 Å². The van der Waals surface area contributed by atoms with Crippen molar-refractivity contribution >= 4 is 8.56 Å². The van der Waals surface area contributed by atoms with Crippen LogP contribution in [0.3, 0.4) is 0 Å². The van der Waals surface area contributed by atoms with Crippen LogP contribution in [0.1, 0.15) is 20.3 Å². The van der Waals surface area contributed by atoms with Gasteiger partial charge in [0.15, 0.2) is 0 Å². The van der Waals surface area contributed by atoms with E-state index in [1.807, 2.05) is 6.08 Å². The number of allylic oxidation sites excluding steroid dienone is 1. The number of rotatable bonds is 6. The zero-order chi connectivity index (χ0) is 9.61. The summed E-state index contributed by atoms with van der Waals surface area (Å²) in [5.41, 5.74) is 0.519. The fourth-order valence-electron chi connectivity index (χ4n) is 1.37. The van der Waals surface area contributed by atoms with E-state index in [1.165, 1.54) is 0 Å². The smallest absolute Gasteiger partial charge is 0.344 e. The lowest BCUT2D eigenvalue weighted by Gasteiger charge is -2.31. The Morgan fingerprint density at radius 2 is 1.92 bits per heavy atom. The molecule has 0 aliphatic rings. The molecule has 2 nitrogen and oxygen atoms in total. The van der Waals surface area contributed by atoms with Crippen molar-refractivity contribution in [2.45, 2.75) is 31.9 Å². The average molecular weight is 188 g/mol. The first-order valence-corrected chi connectivity index (χ1v) is 6.48. The van der Waals surface area contributed by atoms with Gasteiger partial charge in [-0.15, -0.1) is 6.58 Å². The van der Waals surface area contributed by atoms with Gasteiger partial charge in [0.05, 0.1) is 0 Å². The Bertz CT molecular complexity index is 132. The summed E-state index contributed by atoms with van der Waals surface area (Å²) in [6.45, 7) is 8.08. The first kappa shape index (κ1) is 11.9. The van der Waals surface area contributed by atoms with E-state index in [9.17, 15) is 0 Å². The quantitative estimate of drug-likeness (QED) is 0.471. The summed E-state index contributed by atoms with van der Waals surface area (Å²) in [5.74, 6) is 0. The highest BCUT2D eigenvalue weighted by molar-refractivity contribution is 6.69. The maximum Gasteiger partial charge on any atom is 0.344 e. The third-order valence-electron chi connectivity index (χ3n) is 2.48. The van der Waals surface area contributed by atoms with Crippen LogP contribution < -0.4 is 0 Å². The van der Waals surface area contributed by atoms with Crippen LogP contribution in [0.25, 0.3) is 0 Å². The van der Waals surface area contributed by atoms with Crippen LogP contribution in [-0.2, 0) is 8.85 Å². The van der Waals surface area contributed by atoms with E-state index in [2.05, 4.69) is 20.4 Å². The lowest BCUT2D eigenvalue weighted by atomic mass is 10.4. The van der Waals surface area contributed by atoms with E-state index >= 15 is 0 Å². The fourth-order valence-corrected chi connectivity index (χ4v) is 4.10. The lowest BCUT2D eigenvalue weighted by Crippen LogP contribution is -2.43. The van der Waals surface area contributed by atoms with E-state index in [0.29, 0.717) is 5.54 Å². The molecule has 0 heterocycles. The van der Waals surface area contributed by atoms with E-state index in [-0.39, 0.29) is 0 Å². The van der Waals surface area contributed by atoms with Crippen molar-refractivity contribution in [2.24, 2.45) is 0 Å². The molecule has 72 valence electrons. The average Bonchev–Trinajstić information content (AvgIpc) is 2.13. The normalized spacial score (nSPS) is 14.3. The van der Waals surface area contributed by atoms with Crippen molar-refractivity contribution in [2.75, 3.05) is 14.2 Å². The molecule has 0 radical (unpaired) electrons. The van der Waals surface area contributed by atoms with Gasteiger partial charge in [-0.05, 0) is 5.54 Å². The summed E-state index contributed by atoms with van der Waals surface area (Å²) in [7, 11) is 1.52. The van der Waals surface area contributed by atoms with Crippen LogP contribution in [0.4, 0.5) is 0 Å². The highest BCUT2D eigenvalue weighted by Crippen LogP contribution is 2.29. The molecule has 0 spiro atoms. The predicted molar refractivity (Wildman–Crippen MR) is 54.5 cm³/mol. The third-order valence-corrected chi connectivity index (χ3v) is 6.63. The maximum atomic E-state index is 5.53. The molecular formula is C9H20O2Si. The van der Waals surface area contributed by atoms with E-state index in [1.54, 1.807) is 14.2 Å². The molecule has 0 bridgehead atoms. The molecule has 0 aliphatic heterocycles. The highest BCUT2D eigenvalue weighted by atomic mass is 28.4. The van der Waals surface area contributed by atoms with Crippen LogP contribution in [0, 0.1) is 0 Å². The van der Waals surface area contributed by atoms with E-state index in [4.69, 9.17) is 8.85 Å². The molecule has 0 rings (SSSR count). The molecule has 0 saturated carbocycles. The van der Waals surface area contributed by atoms with Crippen LogP contribution in [0.2, 0.25) is 11.6 Å². The molecule has 1 atom stereocenters. The van der Waals surface area contributed by atoms with Gasteiger partial charge in [-0.25, -0.2) is 0 Å². The van der Waals surface area contributed by atoms with Crippen molar-refractivity contribution in [1.82, 2.24) is 0 Å². The second-order valence-corrected chi connectivity index (χ2v) is 6.86. The van der Waals surface area contributed by atoms with Crippen molar-refractivity contribution < 1.29 is 8.85 Å². The highest BCUT2D eigenvalue weighted by Gasteiger charge is 2.39. The van der Waals surface area contributed by atoms with Crippen LogP contribution in [0.15, 0.2) is 12.7 Å². The standard InChI is InChI=1S/C9H20O2Si/c1-6-8-12(10-4,11-5)9(3)7-2/h6,9H,1,7-8H2,2-5H3. The molecule has 3 heteroatoms. The summed E-state index contributed by atoms with van der Waals surface area (Å²) in [4.78, 5) is 0. The summed E-state index contributed by atoms with van der Waals surface area (Å²) >= 11 is 0. The number of hydrogen-bond acceptors (Lipinski definition) is 2. The number of hydrogen-bond donors (Lipinski definition) is 0. The summed E-state index contributed by atoms with van der Waals surface area (Å²) in [6.07, 6.45) is 2.99. The summed E-state index contributed by atoms with van der Waals surface area (Å²) in [5, 5.41) is 0. The molecule has 0 saturated heterocycles. The van der Waals surface area contributed by atoms with Crippen LogP contribution >= 0.6 is 0 Å². The predicted octanol–water partition coefficient (Wildman–Crippen LogP) is 2.71. The van der Waals surface area contributed by atoms with Gasteiger partial charge in [-0.2, -0.15) is 0 Å². The molecule has 12 heavy (non-hydrogen) atoms. The Morgan fingerprint density at radius 3 is 2.17 bits per heavy atom. The van der Waals surface area contributed by atoms with E-state index in [0.717, 1.165) is 12.5 Å². The summed E-state index contributed by atoms with van der Waals surface area (Å²) < 4.78 is 11.1. The van der Waals surface area contributed by atoms with Gasteiger partial charge >= 0.3 is 8.56 Å². The molecule has 1 unspecified atom stereocenters. The first-order chi connectivity index (χ1) is 5.66. The van der Waals surface area contributed by atoms with Gasteiger partial charge in [-0.3, -0.25) is 0 Å². The Labute approximate surface area is 76.8 Å². The van der Waals surface area contributed by atoms with Crippen molar-refractivity contribution in [1.29, 1.82) is 0 Å². The molecule has 0 aromatic heterocycles. The second-order valence-electron chi connectivity index (χ2n) is 3.02. The Balaban J connectivity index is 4.43. The molecular weight excluding hydrogens is 168 g/mol. The maximum absolute atomic E-state index is 5.53. The molecule has 0 aromatic carbocycles. The molecule has 0 fully saturated rings. The Kier molecular flexibility index (Phi) is 5.45. The summed E-state index contributed by atoms with van der Waals surface area (Å²) in [6, 6.07) is 0.870. The van der Waals surface area contributed by atoms with Crippen molar-refractivity contribution in [3.8, 4) is 0 Å². The first-order valence-electron chi connectivity index (χ1n) is 4.38. The van der Waals surface area contributed by atoms with Gasteiger partial charge in [0.1, 0.15) is 0 Å². The fraction of sp³-hybridized carbons (Fsp3) is 0.778. The Morgan fingerprint density at radius 1 is 1.42 bits per heavy atom. The van der Waals surface area contributed by atoms with E-state index < -0.39 is 8.56 Å². The Hall–Kier alpha value is -0.123. The SMILES string of the molecule is C=CC[Si](OC)(OC)C(C)CC. The van der Waals surface area contributed by atoms with Gasteiger partial charge in [0.25, 0.3) is 0 Å². The zero-order valence-corrected chi connectivity index (χ0v) is 9.59. The minimum atomic E-state index is -1.96. The molecule has 0 aromatic rings. The van der Waals surface area contributed by atoms with Crippen molar-refractivity contribution in [3.05, 3.63) is 12.7 Å². The largest absolute Gasteiger partial charge is 0.397 e. The van der Waals surface area contributed by atoms with Gasteiger partial charge in [-0.1, -0.05) is 26.3 Å². The topological polar surface area (TPSA) is 18.5 Å². The molecule has 0 aliphatic carbocycles. The lowest BCUT2D eigenvalue weighted by molar-refractivity contribution is 0.232. The molecule has 0 amide bonds. The van der Waals surface area contributed by atoms with Gasteiger partial charge in [0.2, 0.25) is 0 Å². The molecule has 0 N–H and O–H groups in total.